The van der Waals surface area contributed by atoms with Crippen LogP contribution in [-0.2, 0) is 64.9 Å². The number of ether oxygens (including phenoxy) is 4. The molecule has 10 atom stereocenters. The summed E-state index contributed by atoms with van der Waals surface area (Å²) in [7, 11) is 0. The molecule has 5 aliphatic heterocycles. The van der Waals surface area contributed by atoms with E-state index in [4.69, 9.17) is 18.9 Å². The first kappa shape index (κ1) is 63.8. The standard InChI is InChI=1S/C80H97N3O10/c1-3-11-50(2)32-59-36-58-39-67-61(45-85)40-72(89)77(75(59)67)92-46-62-38-64(80-63-25-23-54-14-9-15-55(76(54)80)24-27-73(80)79(93-47-63)28-5-4-6-29-79)37-60-43-83(44-68(60)62)78-69-48-91-66(42-71(58)88)17-8-12-51(20-22-56(69)41-74(82-78)81-49-90-31-10-30-84)18-19-52-21-26-70(87)57(33-52)34-53-13-7-16-65(86)35-53/h7,9,13-16,21,26,33,35,37-38,40-41,43-44,50-51,58-59,63,66,71,73-74,81-82,84-89H,3-6,8,10-12,17-19,23-25,27-32,34,36,39,42,45-49H2,1-2H3/t50-,51+,58+,59+,63+,66-,71-,73-,74?,80-/m0/s1. The number of benzene rings is 5. The molecule has 13 nitrogen and oxygen atoms in total. The summed E-state index contributed by atoms with van der Waals surface area (Å²) >= 11 is 0. The summed E-state index contributed by atoms with van der Waals surface area (Å²) in [5, 5.41) is 77.2. The minimum Gasteiger partial charge on any atom is -0.508 e. The third-order valence-electron chi connectivity index (χ3n) is 23.1. The largest absolute Gasteiger partial charge is 0.508 e. The highest BCUT2D eigenvalue weighted by atomic mass is 16.5. The first-order valence-electron chi connectivity index (χ1n) is 35.5. The van der Waals surface area contributed by atoms with E-state index < -0.39 is 12.3 Å². The van der Waals surface area contributed by atoms with E-state index in [1.54, 1.807) is 24.3 Å². The first-order chi connectivity index (χ1) is 45.4. The van der Waals surface area contributed by atoms with Crippen LogP contribution in [0.4, 0.5) is 0 Å². The molecule has 1 saturated heterocycles. The lowest BCUT2D eigenvalue weighted by molar-refractivity contribution is -0.193. The maximum atomic E-state index is 12.9. The van der Waals surface area contributed by atoms with Crippen molar-refractivity contribution in [1.29, 1.82) is 0 Å². The number of fused-ring (bicyclic) bond motifs is 4. The Morgan fingerprint density at radius 3 is 2.53 bits per heavy atom. The van der Waals surface area contributed by atoms with E-state index in [9.17, 15) is 30.6 Å². The van der Waals surface area contributed by atoms with Crippen molar-refractivity contribution in [3.63, 3.8) is 0 Å². The topological polar surface area (TPSA) is 187 Å². The lowest BCUT2D eigenvalue weighted by atomic mass is 9.45. The van der Waals surface area contributed by atoms with Crippen molar-refractivity contribution in [3.05, 3.63) is 170 Å². The van der Waals surface area contributed by atoms with Gasteiger partial charge in [0.05, 0.1) is 51.0 Å². The molecule has 1 aromatic heterocycles. The minimum atomic E-state index is -0.714. The van der Waals surface area contributed by atoms with E-state index in [1.807, 2.05) is 18.2 Å². The quantitative estimate of drug-likeness (QED) is 0.0246. The van der Waals surface area contributed by atoms with Crippen LogP contribution < -0.4 is 15.4 Å². The summed E-state index contributed by atoms with van der Waals surface area (Å²) in [5.74, 6) is 10.2. The highest BCUT2D eigenvalue weighted by molar-refractivity contribution is 5.89. The summed E-state index contributed by atoms with van der Waals surface area (Å²) in [5.41, 5.74) is 13.6. The van der Waals surface area contributed by atoms with Crippen LogP contribution in [0.1, 0.15) is 190 Å². The molecule has 8 bridgehead atoms. The fraction of sp³-hybridized carbons (Fsp3) is 0.525. The zero-order valence-corrected chi connectivity index (χ0v) is 54.7. The van der Waals surface area contributed by atoms with E-state index in [1.165, 1.54) is 41.5 Å². The van der Waals surface area contributed by atoms with Crippen molar-refractivity contribution in [1.82, 2.24) is 15.2 Å². The number of hydrogen-bond donors (Lipinski definition) is 8. The van der Waals surface area contributed by atoms with Crippen molar-refractivity contribution in [2.24, 2.45) is 29.6 Å². The van der Waals surface area contributed by atoms with E-state index in [2.05, 4.69) is 95.8 Å². The van der Waals surface area contributed by atoms with Gasteiger partial charge < -0.3 is 59.5 Å². The Morgan fingerprint density at radius 1 is 0.849 bits per heavy atom. The van der Waals surface area contributed by atoms with Crippen LogP contribution in [0.5, 0.6) is 23.0 Å². The Hall–Kier alpha value is -6.60. The van der Waals surface area contributed by atoms with Gasteiger partial charge in [0, 0.05) is 70.2 Å². The number of nitrogens with one attached hydrogen (secondary N) is 2. The van der Waals surface area contributed by atoms with Crippen molar-refractivity contribution in [2.45, 2.75) is 204 Å². The fourth-order valence-electron chi connectivity index (χ4n) is 18.8. The van der Waals surface area contributed by atoms with Crippen LogP contribution in [-0.4, -0.2) is 92.3 Å². The van der Waals surface area contributed by atoms with Gasteiger partial charge in [0.15, 0.2) is 11.5 Å². The number of phenolic OH excluding ortho intramolecular Hbond substituents is 3. The van der Waals surface area contributed by atoms with E-state index in [-0.39, 0.29) is 97.1 Å². The number of dihydropyridines is 1. The molecule has 6 heterocycles. The molecule has 9 aliphatic rings. The Labute approximate surface area is 549 Å². The number of aliphatic hydroxyl groups is 3. The van der Waals surface area contributed by atoms with E-state index in [0.29, 0.717) is 55.9 Å². The third-order valence-corrected chi connectivity index (χ3v) is 23.1. The molecule has 6 aromatic rings. The lowest BCUT2D eigenvalue weighted by Gasteiger charge is -2.63. The smallest absolute Gasteiger partial charge is 0.165 e. The van der Waals surface area contributed by atoms with Crippen molar-refractivity contribution in [3.8, 4) is 34.8 Å². The zero-order valence-electron chi connectivity index (χ0n) is 54.7. The van der Waals surface area contributed by atoms with Crippen LogP contribution >= 0.6 is 0 Å². The first-order valence-corrected chi connectivity index (χ1v) is 35.5. The van der Waals surface area contributed by atoms with Crippen molar-refractivity contribution < 1.29 is 49.6 Å². The van der Waals surface area contributed by atoms with Crippen LogP contribution in [0.2, 0.25) is 0 Å². The number of nitrogens with zero attached hydrogens (tertiary/aromatic N) is 1. The molecule has 492 valence electrons. The van der Waals surface area contributed by atoms with Crippen LogP contribution in [0.3, 0.4) is 0 Å². The summed E-state index contributed by atoms with van der Waals surface area (Å²) in [4.78, 5) is 0. The highest BCUT2D eigenvalue weighted by Gasteiger charge is 2.63. The molecular formula is C80H97N3O10. The van der Waals surface area contributed by atoms with Crippen LogP contribution in [0, 0.1) is 41.4 Å². The molecule has 1 saturated carbocycles. The van der Waals surface area contributed by atoms with E-state index >= 15 is 0 Å². The average Bonchev–Trinajstić information content (AvgIpc) is 1.09. The lowest BCUT2D eigenvalue weighted by Crippen LogP contribution is -2.64. The molecule has 93 heavy (non-hydrogen) atoms. The van der Waals surface area contributed by atoms with Gasteiger partial charge in [-0.25, -0.2) is 0 Å². The molecule has 5 aromatic carbocycles. The second-order valence-corrected chi connectivity index (χ2v) is 29.0. The molecule has 1 unspecified atom stereocenters. The molecule has 4 aliphatic carbocycles. The number of aliphatic hydroxyl groups excluding tert-OH is 3. The van der Waals surface area contributed by atoms with Gasteiger partial charge in [-0.3, -0.25) is 5.32 Å². The monoisotopic (exact) mass is 1260 g/mol. The molecular weight excluding hydrogens is 1160 g/mol. The number of hydrogen-bond acceptors (Lipinski definition) is 12. The third kappa shape index (κ3) is 12.7. The van der Waals surface area contributed by atoms with Gasteiger partial charge in [-0.05, 0) is 218 Å². The van der Waals surface area contributed by atoms with Gasteiger partial charge in [-0.1, -0.05) is 106 Å². The van der Waals surface area contributed by atoms with Gasteiger partial charge in [-0.15, -0.1) is 0 Å². The number of rotatable bonds is 17. The summed E-state index contributed by atoms with van der Waals surface area (Å²) in [6, 6.07) is 26.9. The summed E-state index contributed by atoms with van der Waals surface area (Å²) < 4.78 is 30.4. The fourth-order valence-corrected chi connectivity index (χ4v) is 18.8. The predicted molar refractivity (Wildman–Crippen MR) is 363 cm³/mol. The molecule has 13 heteroatoms. The van der Waals surface area contributed by atoms with Gasteiger partial charge in [0.2, 0.25) is 0 Å². The molecule has 1 spiro atoms. The molecule has 15 rings (SSSR count). The number of aryl methyl sites for hydroxylation is 3. The second kappa shape index (κ2) is 27.6. The molecule has 0 radical (unpaired) electrons. The summed E-state index contributed by atoms with van der Waals surface area (Å²) in [6.45, 7) is 6.19. The predicted octanol–water partition coefficient (Wildman–Crippen LogP) is 13.6. The van der Waals surface area contributed by atoms with Crippen molar-refractivity contribution in [2.75, 3.05) is 33.2 Å². The SMILES string of the molecule is CCC[C@H](C)C[C@@H]1C[C@@H]2Cc3c(CO)cc(O)c(c31)OCc1cc([C@]34c5c6cccc5CC[C@H]3C3(CCCCC3)OC[C@H]4CC6)cc3cn(cc13)C1=C3CO[C@@H](CCC[C@H](CCc4ccc(O)c(Cc5cccc(O)c5)c4)C#CC3=CC(NCOCCCO)N1)C[C@@H]2O. The zero-order chi connectivity index (χ0) is 63.8. The number of phenols is 3. The second-order valence-electron chi connectivity index (χ2n) is 29.0. The van der Waals surface area contributed by atoms with Gasteiger partial charge in [0.1, 0.15) is 30.1 Å². The molecule has 0 amide bonds. The van der Waals surface area contributed by atoms with Gasteiger partial charge in [0.25, 0.3) is 0 Å². The Bertz CT molecular complexity index is 3810. The van der Waals surface area contributed by atoms with Crippen LogP contribution in [0.15, 0.2) is 108 Å². The van der Waals surface area contributed by atoms with Crippen LogP contribution in [0.25, 0.3) is 16.6 Å². The summed E-state index contributed by atoms with van der Waals surface area (Å²) in [6.07, 6.45) is 24.8. The minimum absolute atomic E-state index is 0.00734. The molecule has 8 N–H and O–H groups in total. The number of aromatic hydroxyl groups is 3. The Kier molecular flexibility index (Phi) is 18.9. The molecule has 2 fully saturated rings. The Morgan fingerprint density at radius 2 is 1.70 bits per heavy atom. The normalized spacial score (nSPS) is 26.7. The van der Waals surface area contributed by atoms with Gasteiger partial charge in [-0.2, -0.15) is 0 Å². The van der Waals surface area contributed by atoms with Gasteiger partial charge >= 0.3 is 0 Å². The highest BCUT2D eigenvalue weighted by Crippen LogP contribution is 2.64. The maximum Gasteiger partial charge on any atom is 0.165 e. The average molecular weight is 1260 g/mol. The van der Waals surface area contributed by atoms with Crippen molar-refractivity contribution >= 4 is 16.6 Å². The van der Waals surface area contributed by atoms with E-state index in [0.717, 1.165) is 158 Å². The maximum absolute atomic E-state index is 12.9. The Balaban J connectivity index is 0.936. The number of aromatic nitrogens is 1.